The van der Waals surface area contributed by atoms with Crippen molar-refractivity contribution >= 4 is 40.3 Å². The minimum absolute atomic E-state index is 0.156. The van der Waals surface area contributed by atoms with E-state index in [4.69, 9.17) is 12.2 Å². The lowest BCUT2D eigenvalue weighted by Crippen LogP contribution is -2.27. The van der Waals surface area contributed by atoms with Crippen molar-refractivity contribution in [2.24, 2.45) is 0 Å². The molecule has 116 valence electrons. The van der Waals surface area contributed by atoms with Crippen molar-refractivity contribution in [2.45, 2.75) is 6.54 Å². The molecule has 3 rings (SSSR count). The van der Waals surface area contributed by atoms with Crippen molar-refractivity contribution in [1.82, 2.24) is 4.90 Å². The van der Waals surface area contributed by atoms with E-state index in [-0.39, 0.29) is 17.4 Å². The molecule has 1 aliphatic heterocycles. The molecule has 1 amide bonds. The molecular weight excluding hydrogens is 330 g/mol. The first-order valence-electron chi connectivity index (χ1n) is 6.86. The molecule has 23 heavy (non-hydrogen) atoms. The van der Waals surface area contributed by atoms with E-state index in [1.807, 2.05) is 30.3 Å². The Balaban J connectivity index is 1.83. The Morgan fingerprint density at radius 3 is 2.52 bits per heavy atom. The van der Waals surface area contributed by atoms with E-state index in [9.17, 15) is 15.0 Å². The van der Waals surface area contributed by atoms with Crippen LogP contribution in [0.25, 0.3) is 6.08 Å². The van der Waals surface area contributed by atoms with Crippen molar-refractivity contribution in [3.63, 3.8) is 0 Å². The number of amides is 1. The Bertz CT molecular complexity index is 803. The highest BCUT2D eigenvalue weighted by atomic mass is 32.2. The maximum atomic E-state index is 12.5. The van der Waals surface area contributed by atoms with E-state index in [0.29, 0.717) is 21.3 Å². The molecule has 0 atom stereocenters. The van der Waals surface area contributed by atoms with Crippen LogP contribution in [0, 0.1) is 0 Å². The largest absolute Gasteiger partial charge is 0.504 e. The summed E-state index contributed by atoms with van der Waals surface area (Å²) < 4.78 is 0.508. The van der Waals surface area contributed by atoms with Gasteiger partial charge in [-0.3, -0.25) is 9.69 Å². The minimum atomic E-state index is -0.224. The number of phenols is 2. The zero-order chi connectivity index (χ0) is 16.4. The second kappa shape index (κ2) is 6.44. The van der Waals surface area contributed by atoms with Crippen LogP contribution in [0.4, 0.5) is 0 Å². The van der Waals surface area contributed by atoms with E-state index in [0.717, 1.165) is 5.56 Å². The lowest BCUT2D eigenvalue weighted by Gasteiger charge is -2.14. The number of thiocarbonyl (C=S) groups is 1. The molecule has 2 N–H and O–H groups in total. The van der Waals surface area contributed by atoms with Crippen LogP contribution in [0.5, 0.6) is 11.5 Å². The first-order chi connectivity index (χ1) is 11.0. The van der Waals surface area contributed by atoms with Gasteiger partial charge in [-0.25, -0.2) is 0 Å². The smallest absolute Gasteiger partial charge is 0.266 e. The average molecular weight is 343 g/mol. The number of carbonyl (C=O) groups excluding carboxylic acids is 1. The number of phenolic OH excluding ortho intramolecular Hbond substituents is 2. The summed E-state index contributed by atoms with van der Waals surface area (Å²) in [6.07, 6.45) is 1.66. The highest BCUT2D eigenvalue weighted by Crippen LogP contribution is 2.34. The molecule has 0 spiro atoms. The number of hydrogen-bond acceptors (Lipinski definition) is 5. The zero-order valence-corrected chi connectivity index (χ0v) is 13.6. The number of benzene rings is 2. The molecular formula is C17H13NO3S2. The molecule has 1 aliphatic rings. The first kappa shape index (κ1) is 15.6. The van der Waals surface area contributed by atoms with Crippen LogP contribution in [0.1, 0.15) is 11.1 Å². The molecule has 0 bridgehead atoms. The van der Waals surface area contributed by atoms with Gasteiger partial charge >= 0.3 is 0 Å². The van der Waals surface area contributed by atoms with E-state index >= 15 is 0 Å². The third-order valence-electron chi connectivity index (χ3n) is 3.35. The molecule has 1 saturated heterocycles. The van der Waals surface area contributed by atoms with Gasteiger partial charge in [0, 0.05) is 0 Å². The first-order valence-corrected chi connectivity index (χ1v) is 8.08. The van der Waals surface area contributed by atoms with Crippen LogP contribution in [-0.2, 0) is 11.3 Å². The quantitative estimate of drug-likeness (QED) is 0.507. The van der Waals surface area contributed by atoms with Gasteiger partial charge in [0.25, 0.3) is 5.91 Å². The Morgan fingerprint density at radius 1 is 1.09 bits per heavy atom. The molecule has 0 aromatic heterocycles. The summed E-state index contributed by atoms with van der Waals surface area (Å²) in [5.41, 5.74) is 1.63. The molecule has 0 unspecified atom stereocenters. The standard InChI is InChI=1S/C17H13NO3S2/c19-13-7-6-12(8-14(13)20)9-15-16(21)18(17(22)23-15)10-11-4-2-1-3-5-11/h1-9,19-20H,10H2/b15-9-. The molecule has 2 aromatic carbocycles. The maximum Gasteiger partial charge on any atom is 0.266 e. The summed E-state index contributed by atoms with van der Waals surface area (Å²) in [5.74, 6) is -0.575. The SMILES string of the molecule is O=C1/C(=C/c2ccc(O)c(O)c2)SC(=S)N1Cc1ccccc1. The molecule has 4 nitrogen and oxygen atoms in total. The highest BCUT2D eigenvalue weighted by molar-refractivity contribution is 8.26. The Kier molecular flexibility index (Phi) is 4.36. The summed E-state index contributed by atoms with van der Waals surface area (Å²) in [5, 5.41) is 18.9. The van der Waals surface area contributed by atoms with Crippen LogP contribution >= 0.6 is 24.0 Å². The van der Waals surface area contributed by atoms with Gasteiger partial charge < -0.3 is 10.2 Å². The van der Waals surface area contributed by atoms with E-state index in [1.54, 1.807) is 17.0 Å². The monoisotopic (exact) mass is 343 g/mol. The molecule has 6 heteroatoms. The van der Waals surface area contributed by atoms with Gasteiger partial charge in [0.1, 0.15) is 4.32 Å². The van der Waals surface area contributed by atoms with Crippen molar-refractivity contribution in [3.8, 4) is 11.5 Å². The van der Waals surface area contributed by atoms with E-state index in [1.165, 1.54) is 23.9 Å². The molecule has 2 aromatic rings. The van der Waals surface area contributed by atoms with Crippen LogP contribution in [0.3, 0.4) is 0 Å². The summed E-state index contributed by atoms with van der Waals surface area (Å²) in [7, 11) is 0. The predicted octanol–water partition coefficient (Wildman–Crippen LogP) is 3.50. The molecule has 1 heterocycles. The van der Waals surface area contributed by atoms with Crippen molar-refractivity contribution in [3.05, 3.63) is 64.6 Å². The summed E-state index contributed by atoms with van der Waals surface area (Å²) in [4.78, 5) is 14.6. The summed E-state index contributed by atoms with van der Waals surface area (Å²) in [6, 6.07) is 14.1. The Morgan fingerprint density at radius 2 is 1.83 bits per heavy atom. The van der Waals surface area contributed by atoms with Crippen LogP contribution in [-0.4, -0.2) is 25.3 Å². The maximum absolute atomic E-state index is 12.5. The highest BCUT2D eigenvalue weighted by Gasteiger charge is 2.31. The normalized spacial score (nSPS) is 16.3. The predicted molar refractivity (Wildman–Crippen MR) is 94.9 cm³/mol. The van der Waals surface area contributed by atoms with Gasteiger partial charge in [-0.1, -0.05) is 60.4 Å². The topological polar surface area (TPSA) is 60.8 Å². The number of nitrogens with zero attached hydrogens (tertiary/aromatic N) is 1. The fourth-order valence-corrected chi connectivity index (χ4v) is 3.44. The Hall–Kier alpha value is -2.31. The minimum Gasteiger partial charge on any atom is -0.504 e. The average Bonchev–Trinajstić information content (AvgIpc) is 2.80. The number of carbonyl (C=O) groups is 1. The zero-order valence-electron chi connectivity index (χ0n) is 12.0. The molecule has 0 saturated carbocycles. The third kappa shape index (κ3) is 3.38. The van der Waals surface area contributed by atoms with Crippen LogP contribution in [0.15, 0.2) is 53.4 Å². The lowest BCUT2D eigenvalue weighted by atomic mass is 10.2. The molecule has 1 fully saturated rings. The molecule has 0 aliphatic carbocycles. The van der Waals surface area contributed by atoms with Gasteiger partial charge in [0.05, 0.1) is 11.4 Å². The van der Waals surface area contributed by atoms with Crippen molar-refractivity contribution in [1.29, 1.82) is 0 Å². The fourth-order valence-electron chi connectivity index (χ4n) is 2.18. The van der Waals surface area contributed by atoms with Crippen molar-refractivity contribution < 1.29 is 15.0 Å². The fraction of sp³-hybridized carbons (Fsp3) is 0.0588. The second-order valence-electron chi connectivity index (χ2n) is 5.00. The van der Waals surface area contributed by atoms with Gasteiger partial charge in [-0.15, -0.1) is 0 Å². The van der Waals surface area contributed by atoms with Crippen molar-refractivity contribution in [2.75, 3.05) is 0 Å². The number of hydrogen-bond donors (Lipinski definition) is 2. The van der Waals surface area contributed by atoms with Gasteiger partial charge in [-0.2, -0.15) is 0 Å². The number of rotatable bonds is 3. The third-order valence-corrected chi connectivity index (χ3v) is 4.73. The van der Waals surface area contributed by atoms with Crippen LogP contribution < -0.4 is 0 Å². The van der Waals surface area contributed by atoms with E-state index in [2.05, 4.69) is 0 Å². The van der Waals surface area contributed by atoms with Gasteiger partial charge in [0.2, 0.25) is 0 Å². The van der Waals surface area contributed by atoms with Gasteiger partial charge in [0.15, 0.2) is 11.5 Å². The Labute approximate surface area is 143 Å². The second-order valence-corrected chi connectivity index (χ2v) is 6.68. The van der Waals surface area contributed by atoms with E-state index < -0.39 is 0 Å². The lowest BCUT2D eigenvalue weighted by molar-refractivity contribution is -0.122. The number of aromatic hydroxyl groups is 2. The summed E-state index contributed by atoms with van der Waals surface area (Å²) in [6.45, 7) is 0.434. The number of thioether (sulfide) groups is 1. The van der Waals surface area contributed by atoms with Crippen LogP contribution in [0.2, 0.25) is 0 Å². The molecule has 0 radical (unpaired) electrons. The van der Waals surface area contributed by atoms with Gasteiger partial charge in [-0.05, 0) is 29.3 Å². The summed E-state index contributed by atoms with van der Waals surface area (Å²) >= 11 is 6.53.